The molecule has 0 spiro atoms. The van der Waals surface area contributed by atoms with E-state index >= 15 is 0 Å². The van der Waals surface area contributed by atoms with Crippen molar-refractivity contribution in [1.29, 1.82) is 0 Å². The Bertz CT molecular complexity index is 1280. The Labute approximate surface area is 200 Å². The number of aryl methyl sites for hydroxylation is 1. The molecule has 1 N–H and O–H groups in total. The third kappa shape index (κ3) is 4.92. The number of hydrogen-bond donors (Lipinski definition) is 1. The number of carbonyl (C=O) groups is 1. The van der Waals surface area contributed by atoms with E-state index < -0.39 is 10.0 Å². The first kappa shape index (κ1) is 22.6. The Balaban J connectivity index is 1.39. The highest BCUT2D eigenvalue weighted by Crippen LogP contribution is 2.30. The second-order valence-corrected chi connectivity index (χ2v) is 10.4. The minimum Gasteiger partial charge on any atom is -0.484 e. The van der Waals surface area contributed by atoms with Crippen molar-refractivity contribution in [2.75, 3.05) is 22.8 Å². The van der Waals surface area contributed by atoms with Gasteiger partial charge >= 0.3 is 0 Å². The van der Waals surface area contributed by atoms with E-state index in [2.05, 4.69) is 20.7 Å². The first-order valence-electron chi connectivity index (χ1n) is 9.83. The van der Waals surface area contributed by atoms with E-state index in [9.17, 15) is 13.2 Å². The van der Waals surface area contributed by atoms with Crippen molar-refractivity contribution in [3.63, 3.8) is 0 Å². The van der Waals surface area contributed by atoms with Gasteiger partial charge in [-0.15, -0.1) is 0 Å². The van der Waals surface area contributed by atoms with Crippen LogP contribution >= 0.6 is 27.5 Å². The summed E-state index contributed by atoms with van der Waals surface area (Å²) in [6.07, 6.45) is 0.798. The van der Waals surface area contributed by atoms with Gasteiger partial charge in [0.1, 0.15) is 5.75 Å². The number of amides is 1. The quantitative estimate of drug-likeness (QED) is 0.472. The van der Waals surface area contributed by atoms with Gasteiger partial charge in [-0.3, -0.25) is 9.52 Å². The van der Waals surface area contributed by atoms with Crippen LogP contribution in [0.2, 0.25) is 5.02 Å². The minimum absolute atomic E-state index is 0.0759. The van der Waals surface area contributed by atoms with Gasteiger partial charge in [-0.25, -0.2) is 8.42 Å². The molecule has 0 saturated carbocycles. The van der Waals surface area contributed by atoms with E-state index in [1.54, 1.807) is 23.1 Å². The maximum absolute atomic E-state index is 12.6. The summed E-state index contributed by atoms with van der Waals surface area (Å²) in [7, 11) is -3.78. The van der Waals surface area contributed by atoms with Crippen LogP contribution in [0.4, 0.5) is 11.4 Å². The molecule has 0 saturated heterocycles. The lowest BCUT2D eigenvalue weighted by Crippen LogP contribution is -2.33. The molecule has 1 amide bonds. The van der Waals surface area contributed by atoms with Crippen molar-refractivity contribution >= 4 is 54.8 Å². The van der Waals surface area contributed by atoms with Crippen LogP contribution in [-0.4, -0.2) is 27.5 Å². The van der Waals surface area contributed by atoms with E-state index in [1.165, 1.54) is 24.3 Å². The van der Waals surface area contributed by atoms with E-state index in [1.807, 2.05) is 25.1 Å². The standard InChI is InChI=1S/C23H20BrClN2O4S/c1-15-2-4-18(13-21(15)25)26-32(29,30)20-7-5-19(6-8-20)31-14-23(28)27-11-10-16-12-17(24)3-9-22(16)27/h2-9,12-13,26H,10-11,14H2,1H3. The maximum atomic E-state index is 12.6. The van der Waals surface area contributed by atoms with Gasteiger partial charge in [-0.2, -0.15) is 0 Å². The van der Waals surface area contributed by atoms with Gasteiger partial charge in [0.25, 0.3) is 15.9 Å². The fourth-order valence-corrected chi connectivity index (χ4v) is 5.08. The molecule has 0 fully saturated rings. The molecule has 3 aromatic rings. The van der Waals surface area contributed by atoms with Crippen LogP contribution in [0.5, 0.6) is 5.75 Å². The number of ether oxygens (including phenoxy) is 1. The van der Waals surface area contributed by atoms with Crippen molar-refractivity contribution in [2.24, 2.45) is 0 Å². The second-order valence-electron chi connectivity index (χ2n) is 7.40. The maximum Gasteiger partial charge on any atom is 0.264 e. The normalized spacial score (nSPS) is 13.0. The van der Waals surface area contributed by atoms with Gasteiger partial charge < -0.3 is 9.64 Å². The third-order valence-electron chi connectivity index (χ3n) is 5.16. The number of sulfonamides is 1. The molecule has 6 nitrogen and oxygen atoms in total. The number of hydrogen-bond acceptors (Lipinski definition) is 4. The zero-order chi connectivity index (χ0) is 22.9. The van der Waals surface area contributed by atoms with Crippen LogP contribution in [0.1, 0.15) is 11.1 Å². The van der Waals surface area contributed by atoms with Crippen LogP contribution in [0.3, 0.4) is 0 Å². The molecule has 0 atom stereocenters. The van der Waals surface area contributed by atoms with Gasteiger partial charge in [0.2, 0.25) is 0 Å². The Morgan fingerprint density at radius 2 is 1.88 bits per heavy atom. The molecule has 166 valence electrons. The highest BCUT2D eigenvalue weighted by Gasteiger charge is 2.25. The molecule has 1 aliphatic rings. The molecule has 9 heteroatoms. The molecule has 4 rings (SSSR count). The predicted molar refractivity (Wildman–Crippen MR) is 129 cm³/mol. The van der Waals surface area contributed by atoms with E-state index in [0.29, 0.717) is 23.0 Å². The van der Waals surface area contributed by atoms with Gasteiger partial charge in [0.15, 0.2) is 6.61 Å². The number of nitrogens with one attached hydrogen (secondary N) is 1. The Hall–Kier alpha value is -2.55. The number of carbonyl (C=O) groups excluding carboxylic acids is 1. The lowest BCUT2D eigenvalue weighted by Gasteiger charge is -2.17. The Morgan fingerprint density at radius 3 is 2.59 bits per heavy atom. The first-order valence-corrected chi connectivity index (χ1v) is 12.5. The van der Waals surface area contributed by atoms with Crippen molar-refractivity contribution in [3.05, 3.63) is 81.3 Å². The summed E-state index contributed by atoms with van der Waals surface area (Å²) in [4.78, 5) is 14.4. The fraction of sp³-hybridized carbons (Fsp3) is 0.174. The Morgan fingerprint density at radius 1 is 1.12 bits per heavy atom. The fourth-order valence-electron chi connectivity index (χ4n) is 3.44. The number of halogens is 2. The van der Waals surface area contributed by atoms with E-state index in [4.69, 9.17) is 16.3 Å². The SMILES string of the molecule is Cc1ccc(NS(=O)(=O)c2ccc(OCC(=O)N3CCc4cc(Br)ccc43)cc2)cc1Cl. The van der Waals surface area contributed by atoms with Gasteiger partial charge in [-0.1, -0.05) is 33.6 Å². The number of benzene rings is 3. The highest BCUT2D eigenvalue weighted by atomic mass is 79.9. The summed E-state index contributed by atoms with van der Waals surface area (Å²) >= 11 is 9.51. The molecule has 3 aromatic carbocycles. The smallest absolute Gasteiger partial charge is 0.264 e. The molecule has 0 unspecified atom stereocenters. The van der Waals surface area contributed by atoms with Crippen LogP contribution < -0.4 is 14.4 Å². The van der Waals surface area contributed by atoms with Crippen LogP contribution in [0.25, 0.3) is 0 Å². The molecule has 1 aliphatic heterocycles. The number of nitrogens with zero attached hydrogens (tertiary/aromatic N) is 1. The summed E-state index contributed by atoms with van der Waals surface area (Å²) in [5.74, 6) is 0.256. The Kier molecular flexibility index (Phi) is 6.46. The molecule has 0 bridgehead atoms. The number of anilines is 2. The summed E-state index contributed by atoms with van der Waals surface area (Å²) in [5.41, 5.74) is 3.25. The molecular weight excluding hydrogens is 516 g/mol. The molecule has 1 heterocycles. The molecule has 32 heavy (non-hydrogen) atoms. The molecule has 0 aromatic heterocycles. The van der Waals surface area contributed by atoms with Gasteiger partial charge in [0.05, 0.1) is 10.6 Å². The van der Waals surface area contributed by atoms with E-state index in [-0.39, 0.29) is 17.4 Å². The number of fused-ring (bicyclic) bond motifs is 1. The molecule has 0 radical (unpaired) electrons. The minimum atomic E-state index is -3.78. The monoisotopic (exact) mass is 534 g/mol. The summed E-state index contributed by atoms with van der Waals surface area (Å²) < 4.78 is 34.4. The second kappa shape index (κ2) is 9.13. The number of rotatable bonds is 6. The summed E-state index contributed by atoms with van der Waals surface area (Å²) in [5, 5.41) is 0.479. The van der Waals surface area contributed by atoms with Crippen LogP contribution in [0, 0.1) is 6.92 Å². The average molecular weight is 536 g/mol. The first-order chi connectivity index (χ1) is 15.2. The molecule has 0 aliphatic carbocycles. The molecular formula is C23H20BrClN2O4S. The predicted octanol–water partition coefficient (Wildman–Crippen LogP) is 5.18. The lowest BCUT2D eigenvalue weighted by atomic mass is 10.2. The summed E-state index contributed by atoms with van der Waals surface area (Å²) in [6.45, 7) is 2.31. The largest absolute Gasteiger partial charge is 0.484 e. The lowest BCUT2D eigenvalue weighted by molar-refractivity contribution is -0.120. The van der Waals surface area contributed by atoms with E-state index in [0.717, 1.165) is 27.7 Å². The van der Waals surface area contributed by atoms with Crippen molar-refractivity contribution in [1.82, 2.24) is 0 Å². The van der Waals surface area contributed by atoms with Crippen LogP contribution in [-0.2, 0) is 21.2 Å². The van der Waals surface area contributed by atoms with Crippen molar-refractivity contribution < 1.29 is 17.9 Å². The van der Waals surface area contributed by atoms with Gasteiger partial charge in [-0.05, 0) is 79.1 Å². The average Bonchev–Trinajstić information content (AvgIpc) is 3.18. The zero-order valence-electron chi connectivity index (χ0n) is 17.1. The van der Waals surface area contributed by atoms with Gasteiger partial charge in [0, 0.05) is 21.7 Å². The topological polar surface area (TPSA) is 75.7 Å². The highest BCUT2D eigenvalue weighted by molar-refractivity contribution is 9.10. The van der Waals surface area contributed by atoms with Crippen molar-refractivity contribution in [3.8, 4) is 5.75 Å². The zero-order valence-corrected chi connectivity index (χ0v) is 20.3. The van der Waals surface area contributed by atoms with Crippen LogP contribution in [0.15, 0.2) is 70.0 Å². The summed E-state index contributed by atoms with van der Waals surface area (Å²) in [6, 6.07) is 16.7. The van der Waals surface area contributed by atoms with Crippen molar-refractivity contribution in [2.45, 2.75) is 18.2 Å². The third-order valence-corrected chi connectivity index (χ3v) is 7.46.